The minimum absolute atomic E-state index is 0.738. The van der Waals surface area contributed by atoms with Crippen LogP contribution in [0.15, 0.2) is 24.3 Å². The second-order valence-corrected chi connectivity index (χ2v) is 5.20. The number of hydrogen-bond acceptors (Lipinski definition) is 1. The van der Waals surface area contributed by atoms with Crippen molar-refractivity contribution in [1.82, 2.24) is 10.3 Å². The van der Waals surface area contributed by atoms with Gasteiger partial charge in [-0.2, -0.15) is 0 Å². The molecule has 1 aliphatic carbocycles. The highest BCUT2D eigenvalue weighted by molar-refractivity contribution is 5.83. The Morgan fingerprint density at radius 2 is 2.12 bits per heavy atom. The molecule has 90 valence electrons. The summed E-state index contributed by atoms with van der Waals surface area (Å²) in [7, 11) is 0. The third kappa shape index (κ3) is 2.22. The van der Waals surface area contributed by atoms with Crippen LogP contribution in [-0.4, -0.2) is 11.0 Å². The molecule has 0 saturated heterocycles. The van der Waals surface area contributed by atoms with Crippen LogP contribution in [0.3, 0.4) is 0 Å². The van der Waals surface area contributed by atoms with Gasteiger partial charge in [-0.15, -0.1) is 0 Å². The zero-order valence-corrected chi connectivity index (χ0v) is 10.4. The Labute approximate surface area is 102 Å². The second kappa shape index (κ2) is 4.53. The minimum Gasteiger partial charge on any atom is -0.357 e. The number of fused-ring (bicyclic) bond motifs is 1. The highest BCUT2D eigenvalue weighted by atomic mass is 14.9. The fourth-order valence-electron chi connectivity index (χ4n) is 2.85. The molecule has 1 saturated carbocycles. The van der Waals surface area contributed by atoms with E-state index in [-0.39, 0.29) is 0 Å². The number of benzene rings is 1. The van der Waals surface area contributed by atoms with Gasteiger partial charge in [0.25, 0.3) is 0 Å². The van der Waals surface area contributed by atoms with E-state index >= 15 is 0 Å². The lowest BCUT2D eigenvalue weighted by molar-refractivity contribution is 0.520. The number of aromatic nitrogens is 1. The van der Waals surface area contributed by atoms with Crippen molar-refractivity contribution >= 4 is 10.9 Å². The molecule has 0 aliphatic heterocycles. The zero-order chi connectivity index (χ0) is 11.7. The Morgan fingerprint density at radius 1 is 1.29 bits per heavy atom. The molecule has 1 aromatic carbocycles. The molecule has 2 nitrogen and oxygen atoms in total. The van der Waals surface area contributed by atoms with E-state index in [4.69, 9.17) is 0 Å². The van der Waals surface area contributed by atoms with Crippen molar-refractivity contribution in [2.75, 3.05) is 0 Å². The van der Waals surface area contributed by atoms with Crippen LogP contribution >= 0.6 is 0 Å². The molecule has 3 rings (SSSR count). The van der Waals surface area contributed by atoms with Crippen molar-refractivity contribution in [1.29, 1.82) is 0 Å². The molecule has 0 bridgehead atoms. The summed E-state index contributed by atoms with van der Waals surface area (Å²) in [5.41, 5.74) is 3.92. The number of H-pyrrole nitrogens is 1. The first kappa shape index (κ1) is 10.8. The van der Waals surface area contributed by atoms with Crippen LogP contribution in [0.2, 0.25) is 0 Å². The topological polar surface area (TPSA) is 27.8 Å². The molecule has 0 radical (unpaired) electrons. The first-order valence-electron chi connectivity index (χ1n) is 6.63. The molecule has 0 spiro atoms. The van der Waals surface area contributed by atoms with E-state index in [2.05, 4.69) is 41.5 Å². The standard InChI is InChI=1S/C15H20N2/c1-11-5-4-6-12-9-14(17-15(11)12)10-16-13-7-2-3-8-13/h4-6,9,13,16-17H,2-3,7-8,10H2,1H3. The summed E-state index contributed by atoms with van der Waals surface area (Å²) in [6.07, 6.45) is 5.48. The van der Waals surface area contributed by atoms with E-state index < -0.39 is 0 Å². The van der Waals surface area contributed by atoms with Gasteiger partial charge in [0.1, 0.15) is 0 Å². The lowest BCUT2D eigenvalue weighted by atomic mass is 10.2. The van der Waals surface area contributed by atoms with Crippen molar-refractivity contribution in [3.8, 4) is 0 Å². The summed E-state index contributed by atoms with van der Waals surface area (Å²) in [5, 5.41) is 4.97. The van der Waals surface area contributed by atoms with Crippen LogP contribution in [-0.2, 0) is 6.54 Å². The summed E-state index contributed by atoms with van der Waals surface area (Å²) < 4.78 is 0. The van der Waals surface area contributed by atoms with E-state index in [1.807, 2.05) is 0 Å². The smallest absolute Gasteiger partial charge is 0.0486 e. The van der Waals surface area contributed by atoms with Gasteiger partial charge in [0.2, 0.25) is 0 Å². The van der Waals surface area contributed by atoms with Crippen molar-refractivity contribution in [3.05, 3.63) is 35.5 Å². The third-order valence-corrected chi connectivity index (χ3v) is 3.86. The van der Waals surface area contributed by atoms with Gasteiger partial charge in [0.05, 0.1) is 0 Å². The van der Waals surface area contributed by atoms with Gasteiger partial charge in [0.15, 0.2) is 0 Å². The SMILES string of the molecule is Cc1cccc2cc(CNC3CCCC3)[nH]c12. The van der Waals surface area contributed by atoms with Gasteiger partial charge in [-0.25, -0.2) is 0 Å². The van der Waals surface area contributed by atoms with Crippen LogP contribution in [0.25, 0.3) is 10.9 Å². The highest BCUT2D eigenvalue weighted by Gasteiger charge is 2.14. The summed E-state index contributed by atoms with van der Waals surface area (Å²) in [5.74, 6) is 0. The molecule has 2 N–H and O–H groups in total. The van der Waals surface area contributed by atoms with Gasteiger partial charge in [-0.1, -0.05) is 31.0 Å². The van der Waals surface area contributed by atoms with E-state index in [1.54, 1.807) is 0 Å². The van der Waals surface area contributed by atoms with E-state index in [9.17, 15) is 0 Å². The van der Waals surface area contributed by atoms with Crippen LogP contribution in [0, 0.1) is 6.92 Å². The second-order valence-electron chi connectivity index (χ2n) is 5.20. The first-order chi connectivity index (χ1) is 8.33. The van der Waals surface area contributed by atoms with Crippen LogP contribution in [0.1, 0.15) is 36.9 Å². The van der Waals surface area contributed by atoms with Crippen LogP contribution < -0.4 is 5.32 Å². The van der Waals surface area contributed by atoms with Gasteiger partial charge >= 0.3 is 0 Å². The molecule has 2 heteroatoms. The predicted octanol–water partition coefficient (Wildman–Crippen LogP) is 3.51. The number of para-hydroxylation sites is 1. The molecule has 0 atom stereocenters. The van der Waals surface area contributed by atoms with Gasteiger partial charge in [-0.3, -0.25) is 0 Å². The van der Waals surface area contributed by atoms with E-state index in [0.717, 1.165) is 12.6 Å². The number of nitrogens with one attached hydrogen (secondary N) is 2. The summed E-state index contributed by atoms with van der Waals surface area (Å²) in [4.78, 5) is 3.53. The summed E-state index contributed by atoms with van der Waals surface area (Å²) in [6.45, 7) is 3.13. The molecule has 0 unspecified atom stereocenters. The number of rotatable bonds is 3. The first-order valence-corrected chi connectivity index (χ1v) is 6.63. The van der Waals surface area contributed by atoms with Gasteiger partial charge < -0.3 is 10.3 Å². The van der Waals surface area contributed by atoms with Crippen molar-refractivity contribution in [2.45, 2.75) is 45.2 Å². The van der Waals surface area contributed by atoms with E-state index in [0.29, 0.717) is 0 Å². The fraction of sp³-hybridized carbons (Fsp3) is 0.467. The molecule has 17 heavy (non-hydrogen) atoms. The lowest BCUT2D eigenvalue weighted by Gasteiger charge is -2.10. The van der Waals surface area contributed by atoms with E-state index in [1.165, 1.54) is 47.8 Å². The molecule has 1 aliphatic rings. The molecule has 1 aromatic heterocycles. The minimum atomic E-state index is 0.738. The Morgan fingerprint density at radius 3 is 2.88 bits per heavy atom. The van der Waals surface area contributed by atoms with Crippen LogP contribution in [0.4, 0.5) is 0 Å². The maximum absolute atomic E-state index is 3.65. The predicted molar refractivity (Wildman–Crippen MR) is 72.1 cm³/mol. The monoisotopic (exact) mass is 228 g/mol. The summed E-state index contributed by atoms with van der Waals surface area (Å²) >= 11 is 0. The average molecular weight is 228 g/mol. The quantitative estimate of drug-likeness (QED) is 0.826. The summed E-state index contributed by atoms with van der Waals surface area (Å²) in [6, 6.07) is 9.47. The molecule has 1 fully saturated rings. The number of hydrogen-bond donors (Lipinski definition) is 2. The molecule has 0 amide bonds. The maximum Gasteiger partial charge on any atom is 0.0486 e. The van der Waals surface area contributed by atoms with Gasteiger partial charge in [-0.05, 0) is 36.8 Å². The van der Waals surface area contributed by atoms with Crippen molar-refractivity contribution in [2.24, 2.45) is 0 Å². The Balaban J connectivity index is 1.74. The lowest BCUT2D eigenvalue weighted by Crippen LogP contribution is -2.25. The zero-order valence-electron chi connectivity index (χ0n) is 10.4. The molecule has 2 aromatic rings. The Kier molecular flexibility index (Phi) is 2.89. The average Bonchev–Trinajstić information content (AvgIpc) is 2.95. The molecule has 1 heterocycles. The van der Waals surface area contributed by atoms with Gasteiger partial charge in [0, 0.05) is 23.8 Å². The maximum atomic E-state index is 3.65. The Bertz CT molecular complexity index is 507. The normalized spacial score (nSPS) is 17.0. The molecular formula is C15H20N2. The number of aryl methyl sites for hydroxylation is 1. The largest absolute Gasteiger partial charge is 0.357 e. The van der Waals surface area contributed by atoms with Crippen LogP contribution in [0.5, 0.6) is 0 Å². The van der Waals surface area contributed by atoms with Crippen molar-refractivity contribution in [3.63, 3.8) is 0 Å². The molecular weight excluding hydrogens is 208 g/mol. The third-order valence-electron chi connectivity index (χ3n) is 3.86. The Hall–Kier alpha value is -1.28. The van der Waals surface area contributed by atoms with Crippen molar-refractivity contribution < 1.29 is 0 Å². The number of aromatic amines is 1. The fourth-order valence-corrected chi connectivity index (χ4v) is 2.85. The highest BCUT2D eigenvalue weighted by Crippen LogP contribution is 2.20.